The smallest absolute Gasteiger partial charge is 0.143 e. The number of hydrogen-bond acceptors (Lipinski definition) is 4. The van der Waals surface area contributed by atoms with Gasteiger partial charge in [-0.3, -0.25) is 10.4 Å². The number of nitrogens with two attached hydrogens (primary N) is 1. The standard InChI is InChI=1S/C13H20N4O/c1-9(18)10-4-7-17(8-5-10)11-3-2-6-16-12(11)13(14)15/h2-3,6,9-10,18H,4-5,7-8H2,1H3,(H3,14,15). The molecule has 1 aliphatic heterocycles. The summed E-state index contributed by atoms with van der Waals surface area (Å²) in [6, 6.07) is 3.81. The monoisotopic (exact) mass is 248 g/mol. The Morgan fingerprint density at radius 1 is 1.56 bits per heavy atom. The number of piperidine rings is 1. The van der Waals surface area contributed by atoms with Crippen LogP contribution in [0.4, 0.5) is 5.69 Å². The fourth-order valence-corrected chi connectivity index (χ4v) is 2.48. The third-order valence-corrected chi connectivity index (χ3v) is 3.60. The molecule has 5 heteroatoms. The number of rotatable bonds is 3. The summed E-state index contributed by atoms with van der Waals surface area (Å²) >= 11 is 0. The van der Waals surface area contributed by atoms with Crippen molar-refractivity contribution in [3.63, 3.8) is 0 Å². The summed E-state index contributed by atoms with van der Waals surface area (Å²) in [6.45, 7) is 3.61. The van der Waals surface area contributed by atoms with Crippen LogP contribution in [0.3, 0.4) is 0 Å². The predicted octanol–water partition coefficient (Wildman–Crippen LogP) is 0.963. The minimum absolute atomic E-state index is 0.00301. The van der Waals surface area contributed by atoms with Crippen LogP contribution in [0.1, 0.15) is 25.5 Å². The SMILES string of the molecule is CC(O)C1CCN(c2cccnc2C(=N)N)CC1. The van der Waals surface area contributed by atoms with Crippen molar-refractivity contribution < 1.29 is 5.11 Å². The van der Waals surface area contributed by atoms with Gasteiger partial charge in [0.2, 0.25) is 0 Å². The Kier molecular flexibility index (Phi) is 3.81. The fraction of sp³-hybridized carbons (Fsp3) is 0.538. The second-order valence-corrected chi connectivity index (χ2v) is 4.85. The zero-order chi connectivity index (χ0) is 13.1. The molecule has 2 rings (SSSR count). The summed E-state index contributed by atoms with van der Waals surface area (Å²) in [6.07, 6.45) is 3.34. The molecule has 0 bridgehead atoms. The Hall–Kier alpha value is -1.62. The van der Waals surface area contributed by atoms with Gasteiger partial charge >= 0.3 is 0 Å². The first kappa shape index (κ1) is 12.8. The summed E-state index contributed by atoms with van der Waals surface area (Å²) in [4.78, 5) is 6.36. The summed E-state index contributed by atoms with van der Waals surface area (Å²) in [5.41, 5.74) is 7.02. The number of aliphatic hydroxyl groups is 1. The maximum atomic E-state index is 9.59. The second-order valence-electron chi connectivity index (χ2n) is 4.85. The number of aromatic nitrogens is 1. The minimum Gasteiger partial charge on any atom is -0.393 e. The largest absolute Gasteiger partial charge is 0.393 e. The van der Waals surface area contributed by atoms with Crippen LogP contribution < -0.4 is 10.6 Å². The number of nitrogens with zero attached hydrogens (tertiary/aromatic N) is 2. The molecule has 1 atom stereocenters. The number of amidine groups is 1. The molecule has 1 aromatic rings. The molecule has 18 heavy (non-hydrogen) atoms. The van der Waals surface area contributed by atoms with E-state index in [1.807, 2.05) is 19.1 Å². The molecule has 0 radical (unpaired) electrons. The first-order valence-electron chi connectivity index (χ1n) is 6.32. The number of pyridine rings is 1. The normalized spacial score (nSPS) is 18.7. The molecule has 0 aromatic carbocycles. The fourth-order valence-electron chi connectivity index (χ4n) is 2.48. The van der Waals surface area contributed by atoms with Crippen LogP contribution in [0.2, 0.25) is 0 Å². The molecule has 0 saturated carbocycles. The van der Waals surface area contributed by atoms with Gasteiger partial charge in [0.1, 0.15) is 11.5 Å². The highest BCUT2D eigenvalue weighted by molar-refractivity contribution is 5.98. The molecule has 1 aliphatic rings. The number of nitrogen functional groups attached to an aromatic ring is 1. The van der Waals surface area contributed by atoms with Crippen LogP contribution in [0.25, 0.3) is 0 Å². The maximum Gasteiger partial charge on any atom is 0.143 e. The molecular formula is C13H20N4O. The van der Waals surface area contributed by atoms with Crippen LogP contribution in [-0.4, -0.2) is 35.1 Å². The lowest BCUT2D eigenvalue weighted by Gasteiger charge is -2.35. The molecule has 1 unspecified atom stereocenters. The molecule has 98 valence electrons. The topological polar surface area (TPSA) is 86.2 Å². The van der Waals surface area contributed by atoms with Crippen LogP contribution in [-0.2, 0) is 0 Å². The van der Waals surface area contributed by atoms with Gasteiger partial charge < -0.3 is 15.7 Å². The van der Waals surface area contributed by atoms with Crippen molar-refractivity contribution in [3.05, 3.63) is 24.0 Å². The first-order chi connectivity index (χ1) is 8.59. The third kappa shape index (κ3) is 2.61. The minimum atomic E-state index is -0.242. The van der Waals surface area contributed by atoms with E-state index >= 15 is 0 Å². The highest BCUT2D eigenvalue weighted by atomic mass is 16.3. The van der Waals surface area contributed by atoms with Crippen LogP contribution >= 0.6 is 0 Å². The van der Waals surface area contributed by atoms with Crippen molar-refractivity contribution in [2.24, 2.45) is 11.7 Å². The number of hydrogen-bond donors (Lipinski definition) is 3. The van der Waals surface area contributed by atoms with E-state index in [2.05, 4.69) is 9.88 Å². The molecule has 0 aliphatic carbocycles. The van der Waals surface area contributed by atoms with E-state index < -0.39 is 0 Å². The van der Waals surface area contributed by atoms with Gasteiger partial charge in [0.05, 0.1) is 11.8 Å². The quantitative estimate of drug-likeness (QED) is 0.549. The molecule has 1 aromatic heterocycles. The molecule has 4 N–H and O–H groups in total. The first-order valence-corrected chi connectivity index (χ1v) is 6.32. The lowest BCUT2D eigenvalue weighted by atomic mass is 9.92. The van der Waals surface area contributed by atoms with Gasteiger partial charge in [0.15, 0.2) is 0 Å². The molecule has 0 amide bonds. The summed E-state index contributed by atoms with van der Waals surface area (Å²) < 4.78 is 0. The van der Waals surface area contributed by atoms with Crippen LogP contribution in [0.5, 0.6) is 0 Å². The van der Waals surface area contributed by atoms with E-state index in [-0.39, 0.29) is 11.9 Å². The van der Waals surface area contributed by atoms with Crippen molar-refractivity contribution in [1.82, 2.24) is 4.98 Å². The number of nitrogens with one attached hydrogen (secondary N) is 1. The van der Waals surface area contributed by atoms with Gasteiger partial charge in [0.25, 0.3) is 0 Å². The van der Waals surface area contributed by atoms with Crippen molar-refractivity contribution in [1.29, 1.82) is 5.41 Å². The molecule has 5 nitrogen and oxygen atoms in total. The van der Waals surface area contributed by atoms with Gasteiger partial charge in [-0.1, -0.05) is 0 Å². The van der Waals surface area contributed by atoms with Gasteiger partial charge in [-0.05, 0) is 37.8 Å². The molecular weight excluding hydrogens is 228 g/mol. The van der Waals surface area contributed by atoms with Crippen molar-refractivity contribution in [2.45, 2.75) is 25.9 Å². The lowest BCUT2D eigenvalue weighted by molar-refractivity contribution is 0.110. The summed E-state index contributed by atoms with van der Waals surface area (Å²) in [5, 5.41) is 17.1. The van der Waals surface area contributed by atoms with E-state index in [0.29, 0.717) is 11.6 Å². The lowest BCUT2D eigenvalue weighted by Crippen LogP contribution is -2.38. The van der Waals surface area contributed by atoms with Gasteiger partial charge in [-0.2, -0.15) is 0 Å². The highest BCUT2D eigenvalue weighted by Gasteiger charge is 2.24. The average molecular weight is 248 g/mol. The Morgan fingerprint density at radius 3 is 2.78 bits per heavy atom. The predicted molar refractivity (Wildman–Crippen MR) is 71.9 cm³/mol. The van der Waals surface area contributed by atoms with E-state index in [0.717, 1.165) is 31.6 Å². The van der Waals surface area contributed by atoms with Gasteiger partial charge in [0, 0.05) is 19.3 Å². The summed E-state index contributed by atoms with van der Waals surface area (Å²) in [5.74, 6) is 0.377. The maximum absolute atomic E-state index is 9.59. The second kappa shape index (κ2) is 5.35. The van der Waals surface area contributed by atoms with Gasteiger partial charge in [-0.25, -0.2) is 0 Å². The van der Waals surface area contributed by atoms with E-state index in [1.54, 1.807) is 6.20 Å². The molecule has 1 fully saturated rings. The molecule has 0 spiro atoms. The molecule has 1 saturated heterocycles. The zero-order valence-electron chi connectivity index (χ0n) is 10.6. The zero-order valence-corrected chi connectivity index (χ0v) is 10.6. The van der Waals surface area contributed by atoms with Crippen molar-refractivity contribution in [2.75, 3.05) is 18.0 Å². The van der Waals surface area contributed by atoms with Crippen molar-refractivity contribution in [3.8, 4) is 0 Å². The Morgan fingerprint density at radius 2 is 2.22 bits per heavy atom. The van der Waals surface area contributed by atoms with E-state index in [1.165, 1.54) is 0 Å². The van der Waals surface area contributed by atoms with E-state index in [4.69, 9.17) is 11.1 Å². The number of anilines is 1. The summed E-state index contributed by atoms with van der Waals surface area (Å²) in [7, 11) is 0. The Labute approximate surface area is 107 Å². The van der Waals surface area contributed by atoms with E-state index in [9.17, 15) is 5.11 Å². The Balaban J connectivity index is 2.12. The van der Waals surface area contributed by atoms with Gasteiger partial charge in [-0.15, -0.1) is 0 Å². The number of aliphatic hydroxyl groups excluding tert-OH is 1. The van der Waals surface area contributed by atoms with Crippen molar-refractivity contribution >= 4 is 11.5 Å². The highest BCUT2D eigenvalue weighted by Crippen LogP contribution is 2.26. The van der Waals surface area contributed by atoms with Crippen LogP contribution in [0, 0.1) is 11.3 Å². The Bertz CT molecular complexity index is 425. The third-order valence-electron chi connectivity index (χ3n) is 3.60. The van der Waals surface area contributed by atoms with Crippen LogP contribution in [0.15, 0.2) is 18.3 Å². The molecule has 2 heterocycles. The average Bonchev–Trinajstić information content (AvgIpc) is 2.39.